The van der Waals surface area contributed by atoms with Crippen LogP contribution in [0.1, 0.15) is 12.5 Å². The molecule has 3 nitrogen and oxygen atoms in total. The van der Waals surface area contributed by atoms with Gasteiger partial charge in [0, 0.05) is 12.6 Å². The summed E-state index contributed by atoms with van der Waals surface area (Å²) in [5.41, 5.74) is 0.987. The van der Waals surface area contributed by atoms with Crippen molar-refractivity contribution in [2.45, 2.75) is 25.6 Å². The summed E-state index contributed by atoms with van der Waals surface area (Å²) in [6.45, 7) is 1.11. The molecule has 0 heterocycles. The van der Waals surface area contributed by atoms with Crippen molar-refractivity contribution >= 4 is 5.97 Å². The Labute approximate surface area is 109 Å². The molecule has 0 saturated carbocycles. The minimum Gasteiger partial charge on any atom is -0.481 e. The Bertz CT molecular complexity index is 406. The summed E-state index contributed by atoms with van der Waals surface area (Å²) in [6, 6.07) is 9.06. The predicted octanol–water partition coefficient (Wildman–Crippen LogP) is 2.47. The van der Waals surface area contributed by atoms with Crippen molar-refractivity contribution in [1.29, 1.82) is 0 Å². The number of hydrogen-bond acceptors (Lipinski definition) is 2. The lowest BCUT2D eigenvalue weighted by Gasteiger charge is -2.20. The van der Waals surface area contributed by atoms with Crippen molar-refractivity contribution in [2.24, 2.45) is 5.92 Å². The van der Waals surface area contributed by atoms with Crippen LogP contribution in [0.15, 0.2) is 30.3 Å². The van der Waals surface area contributed by atoms with Crippen LogP contribution < -0.4 is 5.32 Å². The van der Waals surface area contributed by atoms with Crippen LogP contribution in [-0.4, -0.2) is 29.8 Å². The molecule has 106 valence electrons. The molecule has 1 aromatic rings. The predicted molar refractivity (Wildman–Crippen MR) is 64.8 cm³/mol. The van der Waals surface area contributed by atoms with E-state index in [0.29, 0.717) is 6.42 Å². The molecule has 0 amide bonds. The molecule has 0 fully saturated rings. The fourth-order valence-corrected chi connectivity index (χ4v) is 1.70. The largest absolute Gasteiger partial charge is 0.481 e. The molecular formula is C13H16F3NO2. The topological polar surface area (TPSA) is 49.3 Å². The van der Waals surface area contributed by atoms with Gasteiger partial charge in [-0.15, -0.1) is 0 Å². The van der Waals surface area contributed by atoms with E-state index in [0.717, 1.165) is 5.56 Å². The number of halogens is 3. The Morgan fingerprint density at radius 3 is 2.37 bits per heavy atom. The molecule has 0 aliphatic carbocycles. The number of carbonyl (C=O) groups is 1. The Kier molecular flexibility index (Phi) is 5.35. The molecule has 0 saturated heterocycles. The van der Waals surface area contributed by atoms with Crippen LogP contribution in [0.3, 0.4) is 0 Å². The fraction of sp³-hybridized carbons (Fsp3) is 0.462. The molecule has 1 aromatic carbocycles. The summed E-state index contributed by atoms with van der Waals surface area (Å²) in [4.78, 5) is 10.6. The smallest absolute Gasteiger partial charge is 0.403 e. The second kappa shape index (κ2) is 6.56. The number of nitrogens with one attached hydrogen (secondary N) is 1. The molecule has 19 heavy (non-hydrogen) atoms. The second-order valence-electron chi connectivity index (χ2n) is 4.43. The van der Waals surface area contributed by atoms with E-state index in [1.807, 2.05) is 30.3 Å². The van der Waals surface area contributed by atoms with Gasteiger partial charge in [0.25, 0.3) is 0 Å². The first-order valence-electron chi connectivity index (χ1n) is 5.87. The lowest BCUT2D eigenvalue weighted by Crippen LogP contribution is -2.42. The number of alkyl halides is 3. The van der Waals surface area contributed by atoms with Crippen molar-refractivity contribution in [3.63, 3.8) is 0 Å². The maximum absolute atomic E-state index is 12.4. The highest BCUT2D eigenvalue weighted by Gasteiger charge is 2.44. The van der Waals surface area contributed by atoms with Crippen LogP contribution in [0.2, 0.25) is 0 Å². The molecule has 0 radical (unpaired) electrons. The number of benzene rings is 1. The van der Waals surface area contributed by atoms with E-state index in [2.05, 4.69) is 5.32 Å². The molecule has 2 unspecified atom stereocenters. The highest BCUT2D eigenvalue weighted by atomic mass is 19.4. The van der Waals surface area contributed by atoms with Gasteiger partial charge in [-0.1, -0.05) is 30.3 Å². The molecule has 0 bridgehead atoms. The van der Waals surface area contributed by atoms with Crippen molar-refractivity contribution in [1.82, 2.24) is 5.32 Å². The highest BCUT2D eigenvalue weighted by Crippen LogP contribution is 2.26. The van der Waals surface area contributed by atoms with Gasteiger partial charge in [0.05, 0.1) is 0 Å². The SMILES string of the molecule is CC(Cc1ccccc1)NCC(C(=O)O)C(F)(F)F. The van der Waals surface area contributed by atoms with Gasteiger partial charge in [0.2, 0.25) is 0 Å². The normalized spacial score (nSPS) is 14.9. The molecule has 6 heteroatoms. The Morgan fingerprint density at radius 1 is 1.32 bits per heavy atom. The molecule has 1 rings (SSSR count). The van der Waals surface area contributed by atoms with E-state index in [4.69, 9.17) is 5.11 Å². The zero-order chi connectivity index (χ0) is 14.5. The highest BCUT2D eigenvalue weighted by molar-refractivity contribution is 5.71. The summed E-state index contributed by atoms with van der Waals surface area (Å²) in [5, 5.41) is 11.2. The first-order chi connectivity index (χ1) is 8.80. The maximum atomic E-state index is 12.4. The van der Waals surface area contributed by atoms with E-state index in [1.54, 1.807) is 6.92 Å². The Hall–Kier alpha value is -1.56. The lowest BCUT2D eigenvalue weighted by molar-refractivity contribution is -0.192. The average Bonchev–Trinajstić information content (AvgIpc) is 2.28. The summed E-state index contributed by atoms with van der Waals surface area (Å²) >= 11 is 0. The zero-order valence-electron chi connectivity index (χ0n) is 10.4. The minimum atomic E-state index is -4.73. The van der Waals surface area contributed by atoms with Crippen molar-refractivity contribution in [3.05, 3.63) is 35.9 Å². The van der Waals surface area contributed by atoms with Crippen LogP contribution in [0.25, 0.3) is 0 Å². The van der Waals surface area contributed by atoms with E-state index < -0.39 is 24.6 Å². The lowest BCUT2D eigenvalue weighted by atomic mass is 10.1. The van der Waals surface area contributed by atoms with E-state index >= 15 is 0 Å². The van der Waals surface area contributed by atoms with Gasteiger partial charge in [-0.2, -0.15) is 13.2 Å². The number of carboxylic acids is 1. The summed E-state index contributed by atoms with van der Waals surface area (Å²) in [7, 11) is 0. The molecule has 2 N–H and O–H groups in total. The Morgan fingerprint density at radius 2 is 1.89 bits per heavy atom. The molecule has 0 aliphatic heterocycles. The van der Waals surface area contributed by atoms with Crippen molar-refractivity contribution in [3.8, 4) is 0 Å². The van der Waals surface area contributed by atoms with Crippen LogP contribution in [-0.2, 0) is 11.2 Å². The van der Waals surface area contributed by atoms with Crippen LogP contribution in [0.4, 0.5) is 13.2 Å². The van der Waals surface area contributed by atoms with Gasteiger partial charge in [-0.25, -0.2) is 0 Å². The third-order valence-electron chi connectivity index (χ3n) is 2.75. The Balaban J connectivity index is 2.49. The number of carboxylic acid groups (broad SMARTS) is 1. The number of rotatable bonds is 6. The third kappa shape index (κ3) is 5.30. The van der Waals surface area contributed by atoms with E-state index in [-0.39, 0.29) is 6.04 Å². The molecule has 0 aliphatic rings. The molecule has 2 atom stereocenters. The van der Waals surface area contributed by atoms with E-state index in [9.17, 15) is 18.0 Å². The minimum absolute atomic E-state index is 0.230. The van der Waals surface area contributed by atoms with Gasteiger partial charge >= 0.3 is 12.1 Å². The van der Waals surface area contributed by atoms with Gasteiger partial charge in [0.1, 0.15) is 0 Å². The summed E-state index contributed by atoms with van der Waals surface area (Å²) in [6.07, 6.45) is -4.18. The quantitative estimate of drug-likeness (QED) is 0.838. The van der Waals surface area contributed by atoms with Gasteiger partial charge in [0.15, 0.2) is 5.92 Å². The van der Waals surface area contributed by atoms with Gasteiger partial charge in [-0.05, 0) is 18.9 Å². The zero-order valence-corrected chi connectivity index (χ0v) is 10.4. The van der Waals surface area contributed by atoms with Crippen LogP contribution >= 0.6 is 0 Å². The van der Waals surface area contributed by atoms with Crippen molar-refractivity contribution < 1.29 is 23.1 Å². The number of hydrogen-bond donors (Lipinski definition) is 2. The van der Waals surface area contributed by atoms with Crippen LogP contribution in [0, 0.1) is 5.92 Å². The van der Waals surface area contributed by atoms with Gasteiger partial charge in [-0.3, -0.25) is 4.79 Å². The monoisotopic (exact) mass is 275 g/mol. The number of aliphatic carboxylic acids is 1. The maximum Gasteiger partial charge on any atom is 0.403 e. The third-order valence-corrected chi connectivity index (χ3v) is 2.75. The average molecular weight is 275 g/mol. The van der Waals surface area contributed by atoms with Gasteiger partial charge < -0.3 is 10.4 Å². The van der Waals surface area contributed by atoms with E-state index in [1.165, 1.54) is 0 Å². The first kappa shape index (κ1) is 15.5. The summed E-state index contributed by atoms with van der Waals surface area (Å²) in [5.74, 6) is -4.22. The summed E-state index contributed by atoms with van der Waals surface area (Å²) < 4.78 is 37.3. The van der Waals surface area contributed by atoms with Crippen LogP contribution in [0.5, 0.6) is 0 Å². The van der Waals surface area contributed by atoms with Crippen molar-refractivity contribution in [2.75, 3.05) is 6.54 Å². The standard InChI is InChI=1S/C13H16F3NO2/c1-9(7-10-5-3-2-4-6-10)17-8-11(12(18)19)13(14,15)16/h2-6,9,11,17H,7-8H2,1H3,(H,18,19). The molecular weight excluding hydrogens is 259 g/mol. The fourth-order valence-electron chi connectivity index (χ4n) is 1.70. The first-order valence-corrected chi connectivity index (χ1v) is 5.87. The molecule has 0 spiro atoms. The molecule has 0 aromatic heterocycles. The second-order valence-corrected chi connectivity index (χ2v) is 4.43.